The van der Waals surface area contributed by atoms with Gasteiger partial charge in [0.1, 0.15) is 0 Å². The Balaban J connectivity index is 1.22. The first kappa shape index (κ1) is 21.8. The van der Waals surface area contributed by atoms with E-state index < -0.39 is 5.76 Å². The van der Waals surface area contributed by atoms with Crippen LogP contribution in [0, 0.1) is 0 Å². The van der Waals surface area contributed by atoms with Crippen molar-refractivity contribution in [3.63, 3.8) is 0 Å². The van der Waals surface area contributed by atoms with Crippen LogP contribution in [0.4, 0.5) is 10.8 Å². The molecule has 164 valence electrons. The van der Waals surface area contributed by atoms with Crippen molar-refractivity contribution in [3.8, 4) is 0 Å². The molecule has 0 spiro atoms. The predicted molar refractivity (Wildman–Crippen MR) is 124 cm³/mol. The molecule has 2 heterocycles. The van der Waals surface area contributed by atoms with Crippen molar-refractivity contribution in [3.05, 3.63) is 65.1 Å². The highest BCUT2D eigenvalue weighted by molar-refractivity contribution is 8.01. The lowest BCUT2D eigenvalue weighted by Crippen LogP contribution is -2.19. The number of thioether (sulfide) groups is 1. The van der Waals surface area contributed by atoms with Gasteiger partial charge in [0.15, 0.2) is 9.92 Å². The number of carbonyl (C=O) groups excluding carboxylic acids is 2. The summed E-state index contributed by atoms with van der Waals surface area (Å²) in [5, 5.41) is 13.9. The maximum Gasteiger partial charge on any atom is 0.419 e. The molecular weight excluding hydrogens is 450 g/mol. The molecule has 11 heteroatoms. The normalized spacial score (nSPS) is 10.9. The van der Waals surface area contributed by atoms with Crippen LogP contribution in [0.25, 0.3) is 11.1 Å². The van der Waals surface area contributed by atoms with Gasteiger partial charge in [-0.2, -0.15) is 0 Å². The molecule has 0 aliphatic carbocycles. The fourth-order valence-corrected chi connectivity index (χ4v) is 4.69. The van der Waals surface area contributed by atoms with Gasteiger partial charge in [0, 0.05) is 30.8 Å². The summed E-state index contributed by atoms with van der Waals surface area (Å²) < 4.78 is 7.25. The highest BCUT2D eigenvalue weighted by atomic mass is 32.2. The van der Waals surface area contributed by atoms with Crippen LogP contribution in [0.2, 0.25) is 0 Å². The van der Waals surface area contributed by atoms with Crippen LogP contribution >= 0.6 is 23.1 Å². The Kier molecular flexibility index (Phi) is 6.97. The zero-order valence-electron chi connectivity index (χ0n) is 16.8. The van der Waals surface area contributed by atoms with Gasteiger partial charge >= 0.3 is 5.76 Å². The summed E-state index contributed by atoms with van der Waals surface area (Å²) in [5.41, 5.74) is 1.89. The number of anilines is 2. The molecule has 32 heavy (non-hydrogen) atoms. The van der Waals surface area contributed by atoms with Crippen LogP contribution < -0.4 is 16.4 Å². The van der Waals surface area contributed by atoms with Gasteiger partial charge in [-0.25, -0.2) is 4.79 Å². The average molecular weight is 470 g/mol. The first-order chi connectivity index (χ1) is 15.6. The van der Waals surface area contributed by atoms with Crippen LogP contribution in [0.5, 0.6) is 0 Å². The lowest BCUT2D eigenvalue weighted by Gasteiger charge is -2.03. The molecule has 4 rings (SSSR count). The second kappa shape index (κ2) is 10.2. The number of aromatic nitrogens is 3. The number of hydrogen-bond acceptors (Lipinski definition) is 8. The van der Waals surface area contributed by atoms with E-state index in [0.717, 1.165) is 5.69 Å². The molecule has 0 radical (unpaired) electrons. The zero-order valence-corrected chi connectivity index (χ0v) is 18.4. The fourth-order valence-electron chi connectivity index (χ4n) is 2.92. The summed E-state index contributed by atoms with van der Waals surface area (Å²) in [6, 6.07) is 16.3. The summed E-state index contributed by atoms with van der Waals surface area (Å²) >= 11 is 2.63. The second-order valence-corrected chi connectivity index (χ2v) is 8.99. The molecule has 0 aliphatic heterocycles. The Morgan fingerprint density at radius 1 is 0.969 bits per heavy atom. The summed E-state index contributed by atoms with van der Waals surface area (Å²) in [4.78, 5) is 36.2. The van der Waals surface area contributed by atoms with E-state index in [-0.39, 0.29) is 24.8 Å². The van der Waals surface area contributed by atoms with Crippen LogP contribution in [0.1, 0.15) is 12.8 Å². The Morgan fingerprint density at radius 2 is 1.72 bits per heavy atom. The first-order valence-corrected chi connectivity index (χ1v) is 11.6. The van der Waals surface area contributed by atoms with Gasteiger partial charge in [-0.1, -0.05) is 53.4 Å². The van der Waals surface area contributed by atoms with E-state index in [2.05, 4.69) is 20.8 Å². The maximum atomic E-state index is 12.3. The van der Waals surface area contributed by atoms with Crippen molar-refractivity contribution < 1.29 is 14.0 Å². The molecule has 0 bridgehead atoms. The minimum absolute atomic E-state index is 0.0799. The molecular formula is C21H19N5O4S2. The van der Waals surface area contributed by atoms with E-state index in [0.29, 0.717) is 32.7 Å². The molecule has 2 N–H and O–H groups in total. The van der Waals surface area contributed by atoms with Gasteiger partial charge in [0.05, 0.1) is 5.52 Å². The summed E-state index contributed by atoms with van der Waals surface area (Å²) in [6.45, 7) is 0.193. The predicted octanol–water partition coefficient (Wildman–Crippen LogP) is 3.60. The number of nitrogens with one attached hydrogen (secondary N) is 2. The van der Waals surface area contributed by atoms with Gasteiger partial charge in [0.25, 0.3) is 0 Å². The molecule has 2 amide bonds. The largest absolute Gasteiger partial charge is 0.419 e. The van der Waals surface area contributed by atoms with Gasteiger partial charge in [-0.05, 0) is 24.3 Å². The maximum absolute atomic E-state index is 12.3. The van der Waals surface area contributed by atoms with Gasteiger partial charge in [0.2, 0.25) is 16.9 Å². The van der Waals surface area contributed by atoms with Crippen molar-refractivity contribution in [2.45, 2.75) is 23.7 Å². The highest BCUT2D eigenvalue weighted by Gasteiger charge is 2.13. The number of hydrogen-bond donors (Lipinski definition) is 2. The molecule has 0 aliphatic rings. The Bertz CT molecular complexity index is 1280. The fraction of sp³-hybridized carbons (Fsp3) is 0.190. The lowest BCUT2D eigenvalue weighted by atomic mass is 10.3. The zero-order chi connectivity index (χ0) is 22.3. The summed E-state index contributed by atoms with van der Waals surface area (Å²) in [6.07, 6.45) is 0.416. The van der Waals surface area contributed by atoms with E-state index in [1.807, 2.05) is 30.3 Å². The first-order valence-electron chi connectivity index (χ1n) is 9.78. The standard InChI is InChI=1S/C21H19N5O4S2/c27-17(10-12-26-15-8-4-5-9-16(15)30-21(26)29)23-19-24-25-20(32-19)31-13-11-18(28)22-14-6-2-1-3-7-14/h1-9H,10-13H2,(H,22,28)(H,23,24,27). The lowest BCUT2D eigenvalue weighted by molar-refractivity contribution is -0.117. The van der Waals surface area contributed by atoms with Crippen molar-refractivity contribution in [2.24, 2.45) is 0 Å². The topological polar surface area (TPSA) is 119 Å². The van der Waals surface area contributed by atoms with Crippen LogP contribution in [-0.2, 0) is 16.1 Å². The van der Waals surface area contributed by atoms with E-state index in [4.69, 9.17) is 4.42 Å². The highest BCUT2D eigenvalue weighted by Crippen LogP contribution is 2.26. The summed E-state index contributed by atoms with van der Waals surface area (Å²) in [7, 11) is 0. The third-order valence-electron chi connectivity index (χ3n) is 4.40. The van der Waals surface area contributed by atoms with Crippen LogP contribution in [0.15, 0.2) is 68.1 Å². The van der Waals surface area contributed by atoms with Crippen molar-refractivity contribution >= 4 is 56.8 Å². The van der Waals surface area contributed by atoms with Crippen molar-refractivity contribution in [1.29, 1.82) is 0 Å². The molecule has 0 saturated carbocycles. The molecule has 9 nitrogen and oxygen atoms in total. The smallest absolute Gasteiger partial charge is 0.408 e. The van der Waals surface area contributed by atoms with E-state index >= 15 is 0 Å². The number of benzene rings is 2. The Labute approximate surface area is 190 Å². The average Bonchev–Trinajstić information content (AvgIpc) is 3.36. The number of para-hydroxylation sites is 3. The van der Waals surface area contributed by atoms with Crippen LogP contribution in [-0.4, -0.2) is 32.3 Å². The monoisotopic (exact) mass is 469 g/mol. The van der Waals surface area contributed by atoms with Crippen molar-refractivity contribution in [2.75, 3.05) is 16.4 Å². The third-order valence-corrected chi connectivity index (χ3v) is 6.37. The molecule has 0 atom stereocenters. The SMILES string of the molecule is O=C(CCSc1nnc(NC(=O)CCn2c(=O)oc3ccccc32)s1)Nc1ccccc1. The minimum atomic E-state index is -0.495. The number of aryl methyl sites for hydroxylation is 1. The van der Waals surface area contributed by atoms with Gasteiger partial charge < -0.3 is 15.1 Å². The minimum Gasteiger partial charge on any atom is -0.408 e. The van der Waals surface area contributed by atoms with E-state index in [1.165, 1.54) is 27.7 Å². The van der Waals surface area contributed by atoms with E-state index in [1.54, 1.807) is 24.3 Å². The molecule has 0 unspecified atom stereocenters. The summed E-state index contributed by atoms with van der Waals surface area (Å²) in [5.74, 6) is -0.316. The number of oxazole rings is 1. The molecule has 4 aromatic rings. The third kappa shape index (κ3) is 5.62. The molecule has 2 aromatic heterocycles. The number of carbonyl (C=O) groups is 2. The Morgan fingerprint density at radius 3 is 2.56 bits per heavy atom. The van der Waals surface area contributed by atoms with Gasteiger partial charge in [-0.3, -0.25) is 14.2 Å². The number of nitrogens with zero attached hydrogens (tertiary/aromatic N) is 3. The molecule has 2 aromatic carbocycles. The number of fused-ring (bicyclic) bond motifs is 1. The molecule has 0 fully saturated rings. The number of amides is 2. The second-order valence-electron chi connectivity index (χ2n) is 6.67. The Hall–Kier alpha value is -3.44. The van der Waals surface area contributed by atoms with Gasteiger partial charge in [-0.15, -0.1) is 10.2 Å². The van der Waals surface area contributed by atoms with E-state index in [9.17, 15) is 14.4 Å². The van der Waals surface area contributed by atoms with Crippen LogP contribution in [0.3, 0.4) is 0 Å². The molecule has 0 saturated heterocycles. The van der Waals surface area contributed by atoms with Crippen molar-refractivity contribution in [1.82, 2.24) is 14.8 Å². The quantitative estimate of drug-likeness (QED) is 0.284. The number of rotatable bonds is 9.